The van der Waals surface area contributed by atoms with Crippen molar-refractivity contribution >= 4 is 48.7 Å². The molecule has 0 heterocycles. The largest absolute Gasteiger partial charge is 0.465 e. The zero-order valence-corrected chi connectivity index (χ0v) is 20.9. The summed E-state index contributed by atoms with van der Waals surface area (Å²) in [5.41, 5.74) is 0. The summed E-state index contributed by atoms with van der Waals surface area (Å²) in [6.07, 6.45) is 9.41. The third kappa shape index (κ3) is 13.0. The van der Waals surface area contributed by atoms with Gasteiger partial charge in [-0.25, -0.2) is 0 Å². The minimum atomic E-state index is -0.234. The fraction of sp³-hybridized carbons (Fsp3) is 0.947. The van der Waals surface area contributed by atoms with Crippen molar-refractivity contribution in [3.8, 4) is 0 Å². The maximum absolute atomic E-state index is 12.1. The molecule has 0 aromatic heterocycles. The van der Waals surface area contributed by atoms with Crippen LogP contribution in [0, 0.1) is 0 Å². The molecule has 1 N–H and O–H groups in total. The molecule has 0 aliphatic rings. The first-order valence-electron chi connectivity index (χ1n) is 10.2. The van der Waals surface area contributed by atoms with Crippen LogP contribution in [0.3, 0.4) is 0 Å². The SMILES string of the molecule is CCCCCCCCOC(=O)CNC([PH2]=S)(SC(C)CC)SC(C)CC. The highest BCUT2D eigenvalue weighted by molar-refractivity contribution is 8.27. The second kappa shape index (κ2) is 16.7. The second-order valence-electron chi connectivity index (χ2n) is 6.80. The van der Waals surface area contributed by atoms with Crippen LogP contribution in [-0.4, -0.2) is 33.6 Å². The molecule has 0 fully saturated rings. The van der Waals surface area contributed by atoms with E-state index in [9.17, 15) is 4.79 Å². The van der Waals surface area contributed by atoms with Gasteiger partial charge in [0.05, 0.1) is 13.2 Å². The first-order chi connectivity index (χ1) is 12.4. The lowest BCUT2D eigenvalue weighted by Crippen LogP contribution is -2.40. The zero-order valence-electron chi connectivity index (χ0n) is 17.3. The first kappa shape index (κ1) is 26.8. The van der Waals surface area contributed by atoms with E-state index in [2.05, 4.69) is 39.9 Å². The van der Waals surface area contributed by atoms with Gasteiger partial charge in [-0.3, -0.25) is 10.1 Å². The summed E-state index contributed by atoms with van der Waals surface area (Å²) < 4.78 is 5.20. The van der Waals surface area contributed by atoms with E-state index in [0.29, 0.717) is 17.1 Å². The molecule has 0 aromatic rings. The average molecular weight is 442 g/mol. The van der Waals surface area contributed by atoms with Gasteiger partial charge >= 0.3 is 5.97 Å². The number of hydrogen-bond donors (Lipinski definition) is 1. The number of thioether (sulfide) groups is 2. The Labute approximate surface area is 176 Å². The Hall–Kier alpha value is 0.780. The van der Waals surface area contributed by atoms with Crippen molar-refractivity contribution in [1.29, 1.82) is 0 Å². The molecule has 0 radical (unpaired) electrons. The number of unbranched alkanes of at least 4 members (excludes halogenated alkanes) is 5. The summed E-state index contributed by atoms with van der Waals surface area (Å²) in [6, 6.07) is 0. The highest BCUT2D eigenvalue weighted by Gasteiger charge is 2.32. The smallest absolute Gasteiger partial charge is 0.319 e. The molecule has 0 amide bonds. The highest BCUT2D eigenvalue weighted by atomic mass is 32.4. The number of esters is 1. The Balaban J connectivity index is 4.35. The molecule has 0 aromatic carbocycles. The van der Waals surface area contributed by atoms with Crippen molar-refractivity contribution in [2.75, 3.05) is 13.2 Å². The molecule has 0 saturated heterocycles. The van der Waals surface area contributed by atoms with Crippen LogP contribution >= 0.6 is 30.9 Å². The van der Waals surface area contributed by atoms with Crippen LogP contribution in [0.4, 0.5) is 0 Å². The minimum Gasteiger partial charge on any atom is -0.465 e. The number of carbonyl (C=O) groups excluding carboxylic acids is 1. The van der Waals surface area contributed by atoms with Crippen LogP contribution in [0.5, 0.6) is 0 Å². The quantitative estimate of drug-likeness (QED) is 0.129. The van der Waals surface area contributed by atoms with Crippen molar-refractivity contribution in [3.63, 3.8) is 0 Å². The van der Waals surface area contributed by atoms with Crippen LogP contribution in [0.25, 0.3) is 0 Å². The van der Waals surface area contributed by atoms with Crippen LogP contribution in [0.2, 0.25) is 0 Å². The lowest BCUT2D eigenvalue weighted by atomic mass is 10.1. The summed E-state index contributed by atoms with van der Waals surface area (Å²) in [7, 11) is -0.234. The summed E-state index contributed by atoms with van der Waals surface area (Å²) in [4.78, 5) is 12.1. The predicted octanol–water partition coefficient (Wildman–Crippen LogP) is 6.03. The van der Waals surface area contributed by atoms with Gasteiger partial charge in [0.2, 0.25) is 0 Å². The van der Waals surface area contributed by atoms with Crippen molar-refractivity contribution in [3.05, 3.63) is 0 Å². The molecule has 7 heteroatoms. The number of ether oxygens (including phenoxy) is 1. The van der Waals surface area contributed by atoms with E-state index >= 15 is 0 Å². The molecule has 3 unspecified atom stereocenters. The number of rotatable bonds is 17. The van der Waals surface area contributed by atoms with Crippen molar-refractivity contribution < 1.29 is 9.53 Å². The third-order valence-electron chi connectivity index (χ3n) is 4.30. The Bertz CT molecular complexity index is 374. The standard InChI is InChI=1S/C19H40NO2PS3/c1-6-9-10-11-12-13-14-22-18(21)15-20-19(23-24,25-16(4)7-2)26-17(5)8-3/h16-17,20H,6-15,23H2,1-5H3. The Morgan fingerprint density at radius 3 is 2.08 bits per heavy atom. The van der Waals surface area contributed by atoms with Gasteiger partial charge in [0, 0.05) is 10.5 Å². The molecule has 0 rings (SSSR count). The van der Waals surface area contributed by atoms with Gasteiger partial charge in [-0.1, -0.05) is 66.7 Å². The molecule has 0 aliphatic carbocycles. The molecule has 0 bridgehead atoms. The first-order valence-corrected chi connectivity index (χ1v) is 14.4. The molecular weight excluding hydrogens is 401 g/mol. The van der Waals surface area contributed by atoms with Gasteiger partial charge in [0.1, 0.15) is 3.94 Å². The van der Waals surface area contributed by atoms with Crippen LogP contribution in [0.15, 0.2) is 0 Å². The van der Waals surface area contributed by atoms with E-state index in [4.69, 9.17) is 16.5 Å². The Morgan fingerprint density at radius 2 is 1.58 bits per heavy atom. The molecule has 0 aliphatic heterocycles. The topological polar surface area (TPSA) is 38.3 Å². The zero-order chi connectivity index (χ0) is 19.8. The van der Waals surface area contributed by atoms with E-state index in [0.717, 1.165) is 25.7 Å². The van der Waals surface area contributed by atoms with Gasteiger partial charge in [-0.05, 0) is 26.6 Å². The Kier molecular flexibility index (Phi) is 17.2. The van der Waals surface area contributed by atoms with E-state index in [-0.39, 0.29) is 23.8 Å². The van der Waals surface area contributed by atoms with E-state index in [1.54, 1.807) is 0 Å². The fourth-order valence-corrected chi connectivity index (χ4v) is 8.61. The lowest BCUT2D eigenvalue weighted by Gasteiger charge is -2.34. The van der Waals surface area contributed by atoms with Crippen LogP contribution < -0.4 is 5.32 Å². The van der Waals surface area contributed by atoms with Crippen molar-refractivity contribution in [2.24, 2.45) is 0 Å². The molecule has 0 saturated carbocycles. The van der Waals surface area contributed by atoms with Crippen molar-refractivity contribution in [1.82, 2.24) is 5.32 Å². The second-order valence-corrected chi connectivity index (χ2v) is 13.1. The molecule has 3 atom stereocenters. The Morgan fingerprint density at radius 1 is 1.04 bits per heavy atom. The number of carbonyl (C=O) groups is 1. The van der Waals surface area contributed by atoms with Gasteiger partial charge in [0.25, 0.3) is 0 Å². The molecular formula is C19H40NO2PS3. The molecule has 3 nitrogen and oxygen atoms in total. The summed E-state index contributed by atoms with van der Waals surface area (Å²) in [5.74, 6) is -0.153. The van der Waals surface area contributed by atoms with Crippen LogP contribution in [-0.2, 0) is 21.3 Å². The normalized spacial score (nSPS) is 16.5. The fourth-order valence-electron chi connectivity index (χ4n) is 2.29. The highest BCUT2D eigenvalue weighted by Crippen LogP contribution is 2.48. The molecule has 156 valence electrons. The molecule has 0 spiro atoms. The minimum absolute atomic E-state index is 0.153. The van der Waals surface area contributed by atoms with Gasteiger partial charge in [0.15, 0.2) is 0 Å². The average Bonchev–Trinajstić information content (AvgIpc) is 2.65. The van der Waals surface area contributed by atoms with E-state index in [1.165, 1.54) is 25.7 Å². The summed E-state index contributed by atoms with van der Waals surface area (Å²) in [6.45, 7) is 11.9. The maximum Gasteiger partial charge on any atom is 0.319 e. The lowest BCUT2D eigenvalue weighted by molar-refractivity contribution is -0.142. The number of hydrogen-bond acceptors (Lipinski definition) is 6. The maximum atomic E-state index is 12.1. The third-order valence-corrected chi connectivity index (χ3v) is 11.3. The monoisotopic (exact) mass is 441 g/mol. The summed E-state index contributed by atoms with van der Waals surface area (Å²) >= 11 is 9.34. The summed E-state index contributed by atoms with van der Waals surface area (Å²) in [5, 5.41) is 4.51. The van der Waals surface area contributed by atoms with Gasteiger partial charge in [-0.2, -0.15) is 0 Å². The van der Waals surface area contributed by atoms with E-state index in [1.807, 2.05) is 23.5 Å². The molecule has 26 heavy (non-hydrogen) atoms. The van der Waals surface area contributed by atoms with E-state index < -0.39 is 0 Å². The number of nitrogens with one attached hydrogen (secondary N) is 1. The van der Waals surface area contributed by atoms with Gasteiger partial charge in [-0.15, -0.1) is 35.3 Å². The van der Waals surface area contributed by atoms with Crippen molar-refractivity contribution in [2.45, 2.75) is 100 Å². The van der Waals surface area contributed by atoms with Crippen LogP contribution in [0.1, 0.15) is 86.0 Å². The van der Waals surface area contributed by atoms with Gasteiger partial charge < -0.3 is 4.74 Å². The predicted molar refractivity (Wildman–Crippen MR) is 127 cm³/mol.